The SMILES string of the molecule is O=C(NCc1ccccc1)c1c(N=Cc2ccccc2OCc2ccc(F)cc2)sc2c1CCCC2. The van der Waals surface area contributed by atoms with E-state index >= 15 is 0 Å². The van der Waals surface area contributed by atoms with Gasteiger partial charge >= 0.3 is 0 Å². The van der Waals surface area contributed by atoms with E-state index in [9.17, 15) is 9.18 Å². The smallest absolute Gasteiger partial charge is 0.254 e. The van der Waals surface area contributed by atoms with E-state index in [0.29, 0.717) is 24.5 Å². The van der Waals surface area contributed by atoms with Crippen LogP contribution in [0.5, 0.6) is 5.75 Å². The van der Waals surface area contributed by atoms with Gasteiger partial charge in [-0.3, -0.25) is 4.79 Å². The Morgan fingerprint density at radius 2 is 1.69 bits per heavy atom. The zero-order chi connectivity index (χ0) is 24.7. The van der Waals surface area contributed by atoms with Crippen molar-refractivity contribution in [2.24, 2.45) is 4.99 Å². The zero-order valence-electron chi connectivity index (χ0n) is 19.9. The summed E-state index contributed by atoms with van der Waals surface area (Å²) in [5.74, 6) is 0.335. The predicted octanol–water partition coefficient (Wildman–Crippen LogP) is 7.03. The van der Waals surface area contributed by atoms with Gasteiger partial charge in [0.1, 0.15) is 23.2 Å². The standard InChI is InChI=1S/C30H27FN2O2S/c31-24-16-14-22(15-17-24)20-35-26-12-6-4-10-23(26)19-33-30-28(25-11-5-7-13-27(25)36-30)29(34)32-18-21-8-2-1-3-9-21/h1-4,6,8-10,12,14-17,19H,5,7,11,13,18,20H2,(H,32,34). The molecule has 0 bridgehead atoms. The number of nitrogens with one attached hydrogen (secondary N) is 1. The van der Waals surface area contributed by atoms with Crippen molar-refractivity contribution >= 4 is 28.5 Å². The molecule has 0 saturated heterocycles. The fraction of sp³-hybridized carbons (Fsp3) is 0.200. The molecule has 0 unspecified atom stereocenters. The van der Waals surface area contributed by atoms with E-state index in [-0.39, 0.29) is 11.7 Å². The second-order valence-corrected chi connectivity index (χ2v) is 9.85. The van der Waals surface area contributed by atoms with Crippen LogP contribution < -0.4 is 10.1 Å². The summed E-state index contributed by atoms with van der Waals surface area (Å²) in [6, 6.07) is 23.9. The highest BCUT2D eigenvalue weighted by Gasteiger charge is 2.25. The van der Waals surface area contributed by atoms with Crippen LogP contribution in [0.15, 0.2) is 83.9 Å². The summed E-state index contributed by atoms with van der Waals surface area (Å²) in [4.78, 5) is 19.4. The van der Waals surface area contributed by atoms with Crippen molar-refractivity contribution < 1.29 is 13.9 Å². The molecule has 1 aromatic heterocycles. The van der Waals surface area contributed by atoms with E-state index in [0.717, 1.165) is 52.9 Å². The topological polar surface area (TPSA) is 50.7 Å². The summed E-state index contributed by atoms with van der Waals surface area (Å²) in [5, 5.41) is 3.82. The maximum atomic E-state index is 13.3. The fourth-order valence-electron chi connectivity index (χ4n) is 4.33. The number of amides is 1. The first kappa shape index (κ1) is 23.9. The lowest BCUT2D eigenvalue weighted by molar-refractivity contribution is 0.0951. The Balaban J connectivity index is 1.37. The van der Waals surface area contributed by atoms with Gasteiger partial charge in [0.25, 0.3) is 5.91 Å². The summed E-state index contributed by atoms with van der Waals surface area (Å²) in [6.45, 7) is 0.805. The number of rotatable bonds is 8. The number of carbonyl (C=O) groups excluding carboxylic acids is 1. The van der Waals surface area contributed by atoms with Gasteiger partial charge in [0.05, 0.1) is 5.56 Å². The number of aliphatic imine (C=N–C) groups is 1. The Morgan fingerprint density at radius 1 is 0.944 bits per heavy atom. The normalized spacial score (nSPS) is 12.9. The van der Waals surface area contributed by atoms with Crippen molar-refractivity contribution in [1.29, 1.82) is 0 Å². The number of aryl methyl sites for hydroxylation is 1. The van der Waals surface area contributed by atoms with Crippen molar-refractivity contribution in [3.05, 3.63) is 117 Å². The number of nitrogens with zero attached hydrogens (tertiary/aromatic N) is 1. The van der Waals surface area contributed by atoms with Crippen LogP contribution >= 0.6 is 11.3 Å². The van der Waals surface area contributed by atoms with Crippen LogP contribution in [-0.2, 0) is 26.0 Å². The first-order chi connectivity index (χ1) is 17.7. The number of para-hydroxylation sites is 1. The number of hydrogen-bond donors (Lipinski definition) is 1. The van der Waals surface area contributed by atoms with Gasteiger partial charge in [-0.05, 0) is 66.6 Å². The van der Waals surface area contributed by atoms with Crippen LogP contribution in [0, 0.1) is 5.82 Å². The highest BCUT2D eigenvalue weighted by molar-refractivity contribution is 7.16. The van der Waals surface area contributed by atoms with Gasteiger partial charge in [0.2, 0.25) is 0 Å². The summed E-state index contributed by atoms with van der Waals surface area (Å²) in [6.07, 6.45) is 5.90. The monoisotopic (exact) mass is 498 g/mol. The average Bonchev–Trinajstić information content (AvgIpc) is 3.30. The Morgan fingerprint density at radius 3 is 2.53 bits per heavy atom. The van der Waals surface area contributed by atoms with Crippen LogP contribution in [-0.4, -0.2) is 12.1 Å². The quantitative estimate of drug-likeness (QED) is 0.265. The van der Waals surface area contributed by atoms with Gasteiger partial charge in [-0.2, -0.15) is 0 Å². The van der Waals surface area contributed by atoms with Gasteiger partial charge in [0.15, 0.2) is 0 Å². The molecule has 1 aliphatic carbocycles. The largest absolute Gasteiger partial charge is 0.488 e. The molecule has 1 heterocycles. The fourth-order valence-corrected chi connectivity index (χ4v) is 5.56. The molecule has 4 nitrogen and oxygen atoms in total. The zero-order valence-corrected chi connectivity index (χ0v) is 20.7. The van der Waals surface area contributed by atoms with E-state index < -0.39 is 0 Å². The molecular weight excluding hydrogens is 471 g/mol. The molecule has 0 atom stereocenters. The number of carbonyl (C=O) groups is 1. The number of benzene rings is 3. The Kier molecular flexibility index (Phi) is 7.52. The second-order valence-electron chi connectivity index (χ2n) is 8.77. The molecule has 6 heteroatoms. The lowest BCUT2D eigenvalue weighted by atomic mass is 9.95. The van der Waals surface area contributed by atoms with E-state index in [2.05, 4.69) is 5.32 Å². The van der Waals surface area contributed by atoms with E-state index in [1.165, 1.54) is 17.0 Å². The Labute approximate surface area is 214 Å². The molecule has 36 heavy (non-hydrogen) atoms. The minimum absolute atomic E-state index is 0.0775. The lowest BCUT2D eigenvalue weighted by Gasteiger charge is -2.13. The predicted molar refractivity (Wildman–Crippen MR) is 143 cm³/mol. The van der Waals surface area contributed by atoms with Crippen LogP contribution in [0.1, 0.15) is 50.3 Å². The first-order valence-electron chi connectivity index (χ1n) is 12.1. The molecule has 1 N–H and O–H groups in total. The molecule has 3 aromatic carbocycles. The van der Waals surface area contributed by atoms with Gasteiger partial charge in [-0.25, -0.2) is 9.38 Å². The van der Waals surface area contributed by atoms with Gasteiger partial charge < -0.3 is 10.1 Å². The van der Waals surface area contributed by atoms with Crippen molar-refractivity contribution in [3.63, 3.8) is 0 Å². The number of thiophene rings is 1. The van der Waals surface area contributed by atoms with Crippen LogP contribution in [0.4, 0.5) is 9.39 Å². The molecule has 0 spiro atoms. The third-order valence-electron chi connectivity index (χ3n) is 6.22. The third kappa shape index (κ3) is 5.71. The summed E-state index contributed by atoms with van der Waals surface area (Å²) < 4.78 is 19.2. The second kappa shape index (κ2) is 11.3. The molecule has 0 aliphatic heterocycles. The van der Waals surface area contributed by atoms with Gasteiger partial charge in [-0.15, -0.1) is 11.3 Å². The van der Waals surface area contributed by atoms with E-state index in [1.54, 1.807) is 29.7 Å². The summed E-state index contributed by atoms with van der Waals surface area (Å²) >= 11 is 1.61. The first-order valence-corrected chi connectivity index (χ1v) is 13.0. The molecule has 5 rings (SSSR count). The molecule has 0 radical (unpaired) electrons. The number of ether oxygens (including phenoxy) is 1. The molecule has 1 aliphatic rings. The Hall–Kier alpha value is -3.77. The van der Waals surface area contributed by atoms with Crippen molar-refractivity contribution in [1.82, 2.24) is 5.32 Å². The van der Waals surface area contributed by atoms with Gasteiger partial charge in [-0.1, -0.05) is 54.6 Å². The average molecular weight is 499 g/mol. The van der Waals surface area contributed by atoms with Crippen molar-refractivity contribution in [2.45, 2.75) is 38.8 Å². The molecular formula is C30H27FN2O2S. The highest BCUT2D eigenvalue weighted by atomic mass is 32.1. The molecule has 182 valence electrons. The van der Waals surface area contributed by atoms with E-state index in [1.807, 2.05) is 54.6 Å². The molecule has 1 amide bonds. The lowest BCUT2D eigenvalue weighted by Crippen LogP contribution is -2.24. The molecule has 0 fully saturated rings. The third-order valence-corrected chi connectivity index (χ3v) is 7.42. The number of halogens is 1. The minimum atomic E-state index is -0.270. The van der Waals surface area contributed by atoms with Crippen LogP contribution in [0.3, 0.4) is 0 Å². The van der Waals surface area contributed by atoms with Crippen molar-refractivity contribution in [2.75, 3.05) is 0 Å². The maximum absolute atomic E-state index is 13.3. The molecule has 4 aromatic rings. The maximum Gasteiger partial charge on any atom is 0.254 e. The number of hydrogen-bond acceptors (Lipinski definition) is 4. The van der Waals surface area contributed by atoms with E-state index in [4.69, 9.17) is 9.73 Å². The molecule has 0 saturated carbocycles. The van der Waals surface area contributed by atoms with Gasteiger partial charge in [0, 0.05) is 23.2 Å². The van der Waals surface area contributed by atoms with Crippen molar-refractivity contribution in [3.8, 4) is 5.75 Å². The number of fused-ring (bicyclic) bond motifs is 1. The van der Waals surface area contributed by atoms with Crippen LogP contribution in [0.25, 0.3) is 0 Å². The van der Waals surface area contributed by atoms with Crippen LogP contribution in [0.2, 0.25) is 0 Å². The minimum Gasteiger partial charge on any atom is -0.488 e. The summed E-state index contributed by atoms with van der Waals surface area (Å²) in [5.41, 5.74) is 4.61. The Bertz CT molecular complexity index is 1360. The summed E-state index contributed by atoms with van der Waals surface area (Å²) in [7, 11) is 0. The highest BCUT2D eigenvalue weighted by Crippen LogP contribution is 2.40.